The number of nitrogens with two attached hydrogens (primary N) is 3. The van der Waals surface area contributed by atoms with Crippen LogP contribution in [-0.4, -0.2) is 56.9 Å². The second-order valence-electron chi connectivity index (χ2n) is 8.83. The van der Waals surface area contributed by atoms with Crippen molar-refractivity contribution in [3.8, 4) is 0 Å². The molecule has 3 rings (SSSR count). The van der Waals surface area contributed by atoms with Crippen LogP contribution in [0.15, 0.2) is 39.9 Å². The van der Waals surface area contributed by atoms with Gasteiger partial charge in [-0.2, -0.15) is 4.98 Å². The summed E-state index contributed by atoms with van der Waals surface area (Å²) >= 11 is 0. The fourth-order valence-corrected chi connectivity index (χ4v) is 4.03. The highest BCUT2D eigenvalue weighted by atomic mass is 16.5. The van der Waals surface area contributed by atoms with Gasteiger partial charge >= 0.3 is 18.0 Å². The molecule has 14 heteroatoms. The number of rotatable bonds is 14. The van der Waals surface area contributed by atoms with Crippen LogP contribution in [0.3, 0.4) is 0 Å². The molecule has 38 heavy (non-hydrogen) atoms. The van der Waals surface area contributed by atoms with E-state index in [0.29, 0.717) is 12.8 Å². The van der Waals surface area contributed by atoms with Crippen LogP contribution in [0.25, 0.3) is 5.57 Å². The number of aliphatic carboxylic acids is 2. The molecular formula is C24H32N8O6. The summed E-state index contributed by atoms with van der Waals surface area (Å²) in [6, 6.07) is 4.19. The smallest absolute Gasteiger partial charge is 0.326 e. The van der Waals surface area contributed by atoms with Crippen molar-refractivity contribution >= 4 is 29.5 Å². The first-order chi connectivity index (χ1) is 18.1. The number of aliphatic imine (C=N–C) groups is 1. The fourth-order valence-electron chi connectivity index (χ4n) is 4.03. The van der Waals surface area contributed by atoms with Gasteiger partial charge in [0.15, 0.2) is 11.8 Å². The van der Waals surface area contributed by atoms with Crippen LogP contribution in [0.5, 0.6) is 0 Å². The maximum absolute atomic E-state index is 12.9. The molecule has 2 aromatic rings. The maximum Gasteiger partial charge on any atom is 0.326 e. The molecule has 0 spiro atoms. The molecule has 1 aromatic carbocycles. The van der Waals surface area contributed by atoms with E-state index < -0.39 is 36.1 Å². The van der Waals surface area contributed by atoms with E-state index in [4.69, 9.17) is 26.8 Å². The fraction of sp³-hybridized carbons (Fsp3) is 0.417. The van der Waals surface area contributed by atoms with Crippen molar-refractivity contribution in [2.75, 3.05) is 6.54 Å². The summed E-state index contributed by atoms with van der Waals surface area (Å²) in [7, 11) is 0. The third kappa shape index (κ3) is 8.03. The molecule has 1 aromatic heterocycles. The molecule has 0 fully saturated rings. The Morgan fingerprint density at radius 3 is 2.61 bits per heavy atom. The summed E-state index contributed by atoms with van der Waals surface area (Å²) in [4.78, 5) is 43.8. The maximum atomic E-state index is 12.9. The molecule has 204 valence electrons. The predicted octanol–water partition coefficient (Wildman–Crippen LogP) is 0.811. The molecule has 0 saturated carbocycles. The Hall–Kier alpha value is -4.46. The Labute approximate surface area is 218 Å². The number of benzene rings is 1. The van der Waals surface area contributed by atoms with E-state index in [0.717, 1.165) is 16.7 Å². The Kier molecular flexibility index (Phi) is 9.76. The molecule has 3 atom stereocenters. The second kappa shape index (κ2) is 13.2. The van der Waals surface area contributed by atoms with Crippen LogP contribution in [-0.2, 0) is 16.0 Å². The Morgan fingerprint density at radius 2 is 1.89 bits per heavy atom. The predicted molar refractivity (Wildman–Crippen MR) is 137 cm³/mol. The largest absolute Gasteiger partial charge is 0.481 e. The molecule has 10 N–H and O–H groups in total. The van der Waals surface area contributed by atoms with Crippen molar-refractivity contribution in [2.45, 2.75) is 56.7 Å². The third-order valence-electron chi connectivity index (χ3n) is 5.97. The highest BCUT2D eigenvalue weighted by Crippen LogP contribution is 2.30. The van der Waals surface area contributed by atoms with Crippen LogP contribution < -0.4 is 27.8 Å². The summed E-state index contributed by atoms with van der Waals surface area (Å²) in [6.07, 6.45) is 3.40. The van der Waals surface area contributed by atoms with E-state index in [-0.39, 0.29) is 49.9 Å². The number of allylic oxidation sites excluding steroid dienone is 1. The molecule has 0 bridgehead atoms. The van der Waals surface area contributed by atoms with E-state index in [1.807, 2.05) is 30.3 Å². The lowest BCUT2D eigenvalue weighted by Crippen LogP contribution is -2.47. The first kappa shape index (κ1) is 28.1. The van der Waals surface area contributed by atoms with Crippen LogP contribution in [0.2, 0.25) is 0 Å². The normalized spacial score (nSPS) is 14.5. The number of nitrogens with zero attached hydrogens (tertiary/aromatic N) is 3. The molecule has 14 nitrogen and oxygen atoms in total. The molecule has 0 radical (unpaired) electrons. The standard InChI is InChI=1S/C24H32N8O6/c25-16(9-10-19(33)34)20-31-21(38-32-20)17(6-3-11-28-23(26)27)29-24(37)30-18(22(35)36)12-14-8-7-13-4-1-2-5-15(13)14/h1-2,4-5,8,16-18H,3,6-7,9-12,25H2,(H,33,34)(H,35,36)(H4,26,27,28)(H2,29,30,37)/t16-,17-,18-/m0/s1. The number of carboxylic acid groups (broad SMARTS) is 2. The van der Waals surface area contributed by atoms with E-state index >= 15 is 0 Å². The molecular weight excluding hydrogens is 496 g/mol. The Bertz CT molecular complexity index is 1210. The highest BCUT2D eigenvalue weighted by molar-refractivity contribution is 5.85. The minimum Gasteiger partial charge on any atom is -0.481 e. The second-order valence-corrected chi connectivity index (χ2v) is 8.83. The molecule has 2 amide bonds. The van der Waals surface area contributed by atoms with Gasteiger partial charge in [0.1, 0.15) is 12.1 Å². The molecule has 0 aliphatic heterocycles. The number of hydrogen-bond donors (Lipinski definition) is 7. The van der Waals surface area contributed by atoms with E-state index in [2.05, 4.69) is 25.8 Å². The lowest BCUT2D eigenvalue weighted by Gasteiger charge is -2.19. The number of carbonyl (C=O) groups is 3. The van der Waals surface area contributed by atoms with Gasteiger partial charge in [0, 0.05) is 19.4 Å². The zero-order valence-electron chi connectivity index (χ0n) is 20.7. The minimum atomic E-state index is -1.18. The molecule has 1 aliphatic carbocycles. The van der Waals surface area contributed by atoms with E-state index in [1.165, 1.54) is 0 Å². The molecule has 1 heterocycles. The van der Waals surface area contributed by atoms with Crippen molar-refractivity contribution in [1.82, 2.24) is 20.8 Å². The van der Waals surface area contributed by atoms with Gasteiger partial charge in [-0.1, -0.05) is 35.5 Å². The van der Waals surface area contributed by atoms with Gasteiger partial charge in [0.05, 0.1) is 6.04 Å². The number of fused-ring (bicyclic) bond motifs is 1. The zero-order valence-corrected chi connectivity index (χ0v) is 20.7. The van der Waals surface area contributed by atoms with Crippen molar-refractivity contribution in [3.63, 3.8) is 0 Å². The Morgan fingerprint density at radius 1 is 1.13 bits per heavy atom. The first-order valence-electron chi connectivity index (χ1n) is 12.1. The van der Waals surface area contributed by atoms with Crippen molar-refractivity contribution in [3.05, 3.63) is 53.2 Å². The number of guanidine groups is 1. The van der Waals surface area contributed by atoms with Crippen molar-refractivity contribution < 1.29 is 29.1 Å². The first-order valence-corrected chi connectivity index (χ1v) is 12.1. The van der Waals surface area contributed by atoms with Gasteiger partial charge in [-0.05, 0) is 42.4 Å². The number of amides is 2. The average molecular weight is 529 g/mol. The monoisotopic (exact) mass is 528 g/mol. The highest BCUT2D eigenvalue weighted by Gasteiger charge is 2.28. The van der Waals surface area contributed by atoms with E-state index in [9.17, 15) is 19.5 Å². The topological polar surface area (TPSA) is 245 Å². The summed E-state index contributed by atoms with van der Waals surface area (Å²) in [6.45, 7) is 0.270. The number of nitrogens with one attached hydrogen (secondary N) is 2. The molecule has 0 unspecified atom stereocenters. The molecule has 0 saturated heterocycles. The number of aromatic nitrogens is 2. The lowest BCUT2D eigenvalue weighted by molar-refractivity contribution is -0.139. The number of carbonyl (C=O) groups excluding carboxylic acids is 1. The van der Waals surface area contributed by atoms with Gasteiger partial charge in [-0.25, -0.2) is 9.59 Å². The average Bonchev–Trinajstić information content (AvgIpc) is 3.52. The van der Waals surface area contributed by atoms with E-state index in [1.54, 1.807) is 0 Å². The Balaban J connectivity index is 1.68. The summed E-state index contributed by atoms with van der Waals surface area (Å²) in [5, 5.41) is 27.6. The molecule has 1 aliphatic rings. The lowest BCUT2D eigenvalue weighted by atomic mass is 10.00. The van der Waals surface area contributed by atoms with Crippen LogP contribution in [0, 0.1) is 0 Å². The van der Waals surface area contributed by atoms with Crippen LogP contribution >= 0.6 is 0 Å². The van der Waals surface area contributed by atoms with Gasteiger partial charge in [-0.15, -0.1) is 0 Å². The third-order valence-corrected chi connectivity index (χ3v) is 5.97. The SMILES string of the molecule is NC(N)=NCCC[C@H](NC(=O)N[C@@H](CC1=CCc2ccccc21)C(=O)O)c1nc([C@@H](N)CCC(=O)O)no1. The van der Waals surface area contributed by atoms with Crippen molar-refractivity contribution in [2.24, 2.45) is 22.2 Å². The quantitative estimate of drug-likeness (QED) is 0.103. The van der Waals surface area contributed by atoms with Gasteiger partial charge in [0.2, 0.25) is 5.89 Å². The van der Waals surface area contributed by atoms with Gasteiger partial charge in [0.25, 0.3) is 0 Å². The number of hydrogen-bond acceptors (Lipinski definition) is 8. The summed E-state index contributed by atoms with van der Waals surface area (Å²) in [5.41, 5.74) is 19.6. The summed E-state index contributed by atoms with van der Waals surface area (Å²) < 4.78 is 5.29. The van der Waals surface area contributed by atoms with Gasteiger partial charge < -0.3 is 42.6 Å². The number of carboxylic acids is 2. The van der Waals surface area contributed by atoms with Gasteiger partial charge in [-0.3, -0.25) is 9.79 Å². The van der Waals surface area contributed by atoms with Crippen LogP contribution in [0.4, 0.5) is 4.79 Å². The van der Waals surface area contributed by atoms with Crippen LogP contribution in [0.1, 0.15) is 67.0 Å². The summed E-state index contributed by atoms with van der Waals surface area (Å²) in [5.74, 6) is -2.15. The number of urea groups is 1. The zero-order chi connectivity index (χ0) is 27.7. The minimum absolute atomic E-state index is 0.0323. The van der Waals surface area contributed by atoms with Crippen molar-refractivity contribution in [1.29, 1.82) is 0 Å².